The van der Waals surface area contributed by atoms with Gasteiger partial charge < -0.3 is 4.74 Å². The van der Waals surface area contributed by atoms with Gasteiger partial charge in [-0.15, -0.1) is 11.3 Å². The Kier molecular flexibility index (Phi) is 5.76. The van der Waals surface area contributed by atoms with Crippen molar-refractivity contribution in [2.75, 3.05) is 13.2 Å². The number of hydrogen-bond donors (Lipinski definition) is 0. The lowest BCUT2D eigenvalue weighted by Crippen LogP contribution is -2.44. The molecule has 2 heterocycles. The number of rotatable bonds is 6. The number of aryl methyl sites for hydroxylation is 1. The molecule has 0 bridgehead atoms. The Bertz CT molecular complexity index is 554. The van der Waals surface area contributed by atoms with Crippen LogP contribution in [-0.2, 0) is 14.8 Å². The molecular weight excluding hydrogens is 308 g/mol. The zero-order chi connectivity index (χ0) is 15.5. The van der Waals surface area contributed by atoms with Crippen LogP contribution in [0.4, 0.5) is 0 Å². The summed E-state index contributed by atoms with van der Waals surface area (Å²) in [4.78, 5) is 4.08. The maximum absolute atomic E-state index is 12.8. The van der Waals surface area contributed by atoms with E-state index in [-0.39, 0.29) is 12.1 Å². The van der Waals surface area contributed by atoms with Crippen molar-refractivity contribution in [2.24, 2.45) is 0 Å². The van der Waals surface area contributed by atoms with Crippen molar-refractivity contribution in [2.45, 2.75) is 62.8 Å². The molecule has 1 fully saturated rings. The van der Waals surface area contributed by atoms with Crippen LogP contribution < -0.4 is 0 Å². The fourth-order valence-corrected chi connectivity index (χ4v) is 5.56. The predicted molar refractivity (Wildman–Crippen MR) is 84.1 cm³/mol. The summed E-state index contributed by atoms with van der Waals surface area (Å²) in [6.07, 6.45) is 5.35. The zero-order valence-electron chi connectivity index (χ0n) is 12.9. The van der Waals surface area contributed by atoms with E-state index in [0.29, 0.717) is 17.4 Å². The Hall–Kier alpha value is -0.500. The van der Waals surface area contributed by atoms with Gasteiger partial charge in [-0.2, -0.15) is 4.31 Å². The minimum absolute atomic E-state index is 0.0462. The SMILES string of the molecule is Cc1ncc(S(=O)(=O)N2CCCC[C@H]2CCOC(C)C)s1. The molecule has 0 radical (unpaired) electrons. The molecule has 0 aliphatic carbocycles. The van der Waals surface area contributed by atoms with Crippen molar-refractivity contribution in [3.63, 3.8) is 0 Å². The fraction of sp³-hybridized carbons (Fsp3) is 0.786. The first-order chi connectivity index (χ1) is 9.91. The van der Waals surface area contributed by atoms with Crippen molar-refractivity contribution in [1.29, 1.82) is 0 Å². The highest BCUT2D eigenvalue weighted by molar-refractivity contribution is 7.91. The van der Waals surface area contributed by atoms with E-state index < -0.39 is 10.0 Å². The minimum atomic E-state index is -3.41. The largest absolute Gasteiger partial charge is 0.379 e. The number of piperidine rings is 1. The topological polar surface area (TPSA) is 59.5 Å². The maximum atomic E-state index is 12.8. The lowest BCUT2D eigenvalue weighted by molar-refractivity contribution is 0.0620. The number of hydrogen-bond acceptors (Lipinski definition) is 5. The van der Waals surface area contributed by atoms with E-state index in [1.54, 1.807) is 4.31 Å². The second kappa shape index (κ2) is 7.17. The molecule has 1 aliphatic heterocycles. The molecule has 0 unspecified atom stereocenters. The number of aromatic nitrogens is 1. The summed E-state index contributed by atoms with van der Waals surface area (Å²) in [6, 6.07) is 0.0462. The third-order valence-corrected chi connectivity index (χ3v) is 6.94. The van der Waals surface area contributed by atoms with Gasteiger partial charge >= 0.3 is 0 Å². The molecule has 0 saturated carbocycles. The van der Waals surface area contributed by atoms with E-state index in [0.717, 1.165) is 30.7 Å². The van der Waals surface area contributed by atoms with Gasteiger partial charge in [0.15, 0.2) is 4.21 Å². The third-order valence-electron chi connectivity index (χ3n) is 3.64. The first-order valence-electron chi connectivity index (χ1n) is 7.47. The maximum Gasteiger partial charge on any atom is 0.254 e. The first kappa shape index (κ1) is 16.9. The van der Waals surface area contributed by atoms with E-state index in [9.17, 15) is 8.42 Å². The first-order valence-corrected chi connectivity index (χ1v) is 9.73. The van der Waals surface area contributed by atoms with Gasteiger partial charge in [0.1, 0.15) is 0 Å². The van der Waals surface area contributed by atoms with Crippen LogP contribution in [0.3, 0.4) is 0 Å². The van der Waals surface area contributed by atoms with E-state index in [1.165, 1.54) is 17.5 Å². The van der Waals surface area contributed by atoms with Crippen LogP contribution in [-0.4, -0.2) is 43.0 Å². The highest BCUT2D eigenvalue weighted by Crippen LogP contribution is 2.29. The van der Waals surface area contributed by atoms with Crippen LogP contribution in [0, 0.1) is 6.92 Å². The molecule has 21 heavy (non-hydrogen) atoms. The molecule has 2 rings (SSSR count). The Morgan fingerprint density at radius 3 is 2.86 bits per heavy atom. The van der Waals surface area contributed by atoms with Crippen LogP contribution in [0.25, 0.3) is 0 Å². The van der Waals surface area contributed by atoms with Gasteiger partial charge in [0.2, 0.25) is 0 Å². The molecule has 0 N–H and O–H groups in total. The summed E-state index contributed by atoms with van der Waals surface area (Å²) in [6.45, 7) is 7.03. The normalized spacial score (nSPS) is 21.0. The predicted octanol–water partition coefficient (Wildman–Crippen LogP) is 2.81. The zero-order valence-corrected chi connectivity index (χ0v) is 14.5. The monoisotopic (exact) mass is 332 g/mol. The van der Waals surface area contributed by atoms with Crippen LogP contribution in [0.2, 0.25) is 0 Å². The third kappa shape index (κ3) is 4.25. The molecule has 0 spiro atoms. The van der Waals surface area contributed by atoms with Gasteiger partial charge in [0, 0.05) is 19.2 Å². The van der Waals surface area contributed by atoms with Crippen molar-refractivity contribution in [1.82, 2.24) is 9.29 Å². The van der Waals surface area contributed by atoms with Crippen molar-refractivity contribution >= 4 is 21.4 Å². The molecule has 1 aromatic heterocycles. The molecule has 0 aromatic carbocycles. The van der Waals surface area contributed by atoms with Crippen molar-refractivity contribution < 1.29 is 13.2 Å². The van der Waals surface area contributed by atoms with Crippen LogP contribution in [0.15, 0.2) is 10.4 Å². The van der Waals surface area contributed by atoms with Gasteiger partial charge in [0.25, 0.3) is 10.0 Å². The smallest absolute Gasteiger partial charge is 0.254 e. The number of thiazole rings is 1. The quantitative estimate of drug-likeness (QED) is 0.804. The number of nitrogens with zero attached hydrogens (tertiary/aromatic N) is 2. The molecule has 1 aromatic rings. The highest BCUT2D eigenvalue weighted by Gasteiger charge is 2.34. The van der Waals surface area contributed by atoms with Crippen molar-refractivity contribution in [3.8, 4) is 0 Å². The Morgan fingerprint density at radius 2 is 2.24 bits per heavy atom. The summed E-state index contributed by atoms with van der Waals surface area (Å²) in [5, 5.41) is 0.783. The van der Waals surface area contributed by atoms with Gasteiger partial charge in [0.05, 0.1) is 17.3 Å². The summed E-state index contributed by atoms with van der Waals surface area (Å²) >= 11 is 1.25. The van der Waals surface area contributed by atoms with Gasteiger partial charge in [-0.3, -0.25) is 0 Å². The molecular formula is C14H24N2O3S2. The van der Waals surface area contributed by atoms with Crippen LogP contribution in [0.5, 0.6) is 0 Å². The molecule has 7 heteroatoms. The lowest BCUT2D eigenvalue weighted by atomic mass is 10.0. The molecule has 120 valence electrons. The molecule has 1 atom stereocenters. The second-order valence-corrected chi connectivity index (χ2v) is 9.02. The molecule has 0 amide bonds. The van der Waals surface area contributed by atoms with Gasteiger partial charge in [-0.1, -0.05) is 6.42 Å². The second-order valence-electron chi connectivity index (χ2n) is 5.67. The van der Waals surface area contributed by atoms with Gasteiger partial charge in [-0.25, -0.2) is 13.4 Å². The van der Waals surface area contributed by atoms with Crippen molar-refractivity contribution in [3.05, 3.63) is 11.2 Å². The number of ether oxygens (including phenoxy) is 1. The lowest BCUT2D eigenvalue weighted by Gasteiger charge is -2.34. The summed E-state index contributed by atoms with van der Waals surface area (Å²) < 4.78 is 33.1. The summed E-state index contributed by atoms with van der Waals surface area (Å²) in [5.74, 6) is 0. The summed E-state index contributed by atoms with van der Waals surface area (Å²) in [5.41, 5.74) is 0. The molecule has 1 aliphatic rings. The average molecular weight is 332 g/mol. The Morgan fingerprint density at radius 1 is 1.48 bits per heavy atom. The summed E-state index contributed by atoms with van der Waals surface area (Å²) in [7, 11) is -3.41. The average Bonchev–Trinajstić information content (AvgIpc) is 2.86. The van der Waals surface area contributed by atoms with E-state index in [2.05, 4.69) is 4.98 Å². The van der Waals surface area contributed by atoms with E-state index in [1.807, 2.05) is 20.8 Å². The minimum Gasteiger partial charge on any atom is -0.379 e. The highest BCUT2D eigenvalue weighted by atomic mass is 32.2. The standard InChI is InChI=1S/C14H24N2O3S2/c1-11(2)19-9-7-13-6-4-5-8-16(13)21(17,18)14-10-15-12(3)20-14/h10-11,13H,4-9H2,1-3H3/t13-/m0/s1. The van der Waals surface area contributed by atoms with Crippen LogP contribution >= 0.6 is 11.3 Å². The Labute approximate surface area is 131 Å². The van der Waals surface area contributed by atoms with Crippen LogP contribution in [0.1, 0.15) is 44.5 Å². The fourth-order valence-electron chi connectivity index (χ4n) is 2.60. The Balaban J connectivity index is 2.10. The van der Waals surface area contributed by atoms with Gasteiger partial charge in [-0.05, 0) is 40.0 Å². The van der Waals surface area contributed by atoms with E-state index in [4.69, 9.17) is 4.74 Å². The molecule has 1 saturated heterocycles. The molecule has 5 nitrogen and oxygen atoms in total. The van der Waals surface area contributed by atoms with E-state index >= 15 is 0 Å². The number of sulfonamides is 1.